The summed E-state index contributed by atoms with van der Waals surface area (Å²) in [5, 5.41) is 0. The third kappa shape index (κ3) is 3.90. The Morgan fingerprint density at radius 3 is 1.78 bits per heavy atom. The maximum Gasteiger partial charge on any atom is -0.00228 e. The lowest BCUT2D eigenvalue weighted by Gasteiger charge is -2.28. The molecule has 0 unspecified atom stereocenters. The molecule has 23 heavy (non-hydrogen) atoms. The van der Waals surface area contributed by atoms with Gasteiger partial charge in [0.15, 0.2) is 0 Å². The van der Waals surface area contributed by atoms with Gasteiger partial charge in [0, 0.05) is 0 Å². The van der Waals surface area contributed by atoms with Gasteiger partial charge in [0.2, 0.25) is 0 Å². The summed E-state index contributed by atoms with van der Waals surface area (Å²) in [6.07, 6.45) is 2.05. The normalized spacial score (nSPS) is 11.4. The molecule has 0 saturated carbocycles. The van der Waals surface area contributed by atoms with Gasteiger partial charge in [0.05, 0.1) is 0 Å². The fourth-order valence-electron chi connectivity index (χ4n) is 3.35. The van der Waals surface area contributed by atoms with Gasteiger partial charge in [0.25, 0.3) is 0 Å². The maximum absolute atomic E-state index is 2.35. The Morgan fingerprint density at radius 1 is 0.609 bits per heavy atom. The Bertz CT molecular complexity index is 739. The average Bonchev–Trinajstić information content (AvgIpc) is 2.57. The maximum atomic E-state index is 2.35. The van der Waals surface area contributed by atoms with Crippen LogP contribution in [-0.4, -0.2) is 0 Å². The van der Waals surface area contributed by atoms with Crippen molar-refractivity contribution in [1.82, 2.24) is 0 Å². The van der Waals surface area contributed by atoms with E-state index in [1.165, 1.54) is 22.3 Å². The molecular weight excluding hydrogens is 276 g/mol. The predicted molar refractivity (Wildman–Crippen MR) is 98.9 cm³/mol. The highest BCUT2D eigenvalue weighted by atomic mass is 14.3. The SMILES string of the molecule is CC(C)(Cc1ccccc1)c1ccccc1Cc1ccccc1. The van der Waals surface area contributed by atoms with E-state index in [1.807, 2.05) is 0 Å². The zero-order chi connectivity index (χ0) is 16.1. The zero-order valence-corrected chi connectivity index (χ0v) is 14.0. The molecule has 3 aromatic carbocycles. The predicted octanol–water partition coefficient (Wildman–Crippen LogP) is 5.80. The Balaban J connectivity index is 1.89. The van der Waals surface area contributed by atoms with E-state index in [2.05, 4.69) is 98.8 Å². The molecular formula is C23H24. The van der Waals surface area contributed by atoms with E-state index in [0.29, 0.717) is 0 Å². The third-order valence-electron chi connectivity index (χ3n) is 4.47. The number of hydrogen-bond donors (Lipinski definition) is 0. The average molecular weight is 300 g/mol. The van der Waals surface area contributed by atoms with E-state index in [1.54, 1.807) is 0 Å². The molecule has 3 aromatic rings. The van der Waals surface area contributed by atoms with Gasteiger partial charge in [-0.3, -0.25) is 0 Å². The summed E-state index contributed by atoms with van der Waals surface area (Å²) in [6, 6.07) is 30.4. The smallest absolute Gasteiger partial charge is 0.00228 e. The van der Waals surface area contributed by atoms with Crippen LogP contribution in [0.1, 0.15) is 36.1 Å². The first-order valence-electron chi connectivity index (χ1n) is 8.31. The summed E-state index contributed by atoms with van der Waals surface area (Å²) >= 11 is 0. The second-order valence-electron chi connectivity index (χ2n) is 6.87. The molecule has 0 aliphatic carbocycles. The fourth-order valence-corrected chi connectivity index (χ4v) is 3.35. The molecule has 0 heteroatoms. The molecule has 0 amide bonds. The first-order valence-corrected chi connectivity index (χ1v) is 8.31. The monoisotopic (exact) mass is 300 g/mol. The Kier molecular flexibility index (Phi) is 4.62. The minimum absolute atomic E-state index is 0.118. The van der Waals surface area contributed by atoms with Gasteiger partial charge in [-0.25, -0.2) is 0 Å². The van der Waals surface area contributed by atoms with Crippen LogP contribution < -0.4 is 0 Å². The molecule has 0 saturated heterocycles. The largest absolute Gasteiger partial charge is 0.0622 e. The molecule has 0 nitrogen and oxygen atoms in total. The van der Waals surface area contributed by atoms with E-state index in [-0.39, 0.29) is 5.41 Å². The third-order valence-corrected chi connectivity index (χ3v) is 4.47. The fraction of sp³-hybridized carbons (Fsp3) is 0.217. The number of rotatable bonds is 5. The lowest BCUT2D eigenvalue weighted by atomic mass is 9.76. The Hall–Kier alpha value is -2.34. The molecule has 0 N–H and O–H groups in total. The summed E-state index contributed by atoms with van der Waals surface area (Å²) < 4.78 is 0. The van der Waals surface area contributed by atoms with E-state index < -0.39 is 0 Å². The second kappa shape index (κ2) is 6.83. The van der Waals surface area contributed by atoms with Crippen LogP contribution in [-0.2, 0) is 18.3 Å². The number of hydrogen-bond acceptors (Lipinski definition) is 0. The van der Waals surface area contributed by atoms with Gasteiger partial charge in [-0.15, -0.1) is 0 Å². The van der Waals surface area contributed by atoms with Crippen molar-refractivity contribution < 1.29 is 0 Å². The second-order valence-corrected chi connectivity index (χ2v) is 6.87. The zero-order valence-electron chi connectivity index (χ0n) is 14.0. The van der Waals surface area contributed by atoms with Crippen LogP contribution in [0.4, 0.5) is 0 Å². The summed E-state index contributed by atoms with van der Waals surface area (Å²) in [5.74, 6) is 0. The van der Waals surface area contributed by atoms with Crippen molar-refractivity contribution in [3.05, 3.63) is 107 Å². The highest BCUT2D eigenvalue weighted by Crippen LogP contribution is 2.31. The van der Waals surface area contributed by atoms with E-state index in [0.717, 1.165) is 12.8 Å². The van der Waals surface area contributed by atoms with E-state index >= 15 is 0 Å². The van der Waals surface area contributed by atoms with Crippen LogP contribution in [0.3, 0.4) is 0 Å². The standard InChI is InChI=1S/C23H24/c1-23(2,18-20-13-7-4-8-14-20)22-16-10-9-15-21(22)17-19-11-5-3-6-12-19/h3-16H,17-18H2,1-2H3. The summed E-state index contributed by atoms with van der Waals surface area (Å²) in [4.78, 5) is 0. The van der Waals surface area contributed by atoms with Gasteiger partial charge >= 0.3 is 0 Å². The highest BCUT2D eigenvalue weighted by molar-refractivity contribution is 5.38. The lowest BCUT2D eigenvalue weighted by Crippen LogP contribution is -2.22. The van der Waals surface area contributed by atoms with Crippen molar-refractivity contribution in [1.29, 1.82) is 0 Å². The molecule has 0 radical (unpaired) electrons. The molecule has 0 fully saturated rings. The van der Waals surface area contributed by atoms with Crippen molar-refractivity contribution >= 4 is 0 Å². The van der Waals surface area contributed by atoms with Crippen molar-refractivity contribution in [3.63, 3.8) is 0 Å². The topological polar surface area (TPSA) is 0 Å². The van der Waals surface area contributed by atoms with Crippen LogP contribution in [0.2, 0.25) is 0 Å². The molecule has 3 rings (SSSR count). The van der Waals surface area contributed by atoms with Crippen molar-refractivity contribution in [2.45, 2.75) is 32.1 Å². The molecule has 0 aliphatic heterocycles. The van der Waals surface area contributed by atoms with Crippen LogP contribution in [0, 0.1) is 0 Å². The van der Waals surface area contributed by atoms with Crippen molar-refractivity contribution in [2.75, 3.05) is 0 Å². The van der Waals surface area contributed by atoms with E-state index in [9.17, 15) is 0 Å². The molecule has 0 atom stereocenters. The highest BCUT2D eigenvalue weighted by Gasteiger charge is 2.23. The van der Waals surface area contributed by atoms with Crippen LogP contribution in [0.25, 0.3) is 0 Å². The minimum Gasteiger partial charge on any atom is -0.0622 e. The molecule has 116 valence electrons. The Morgan fingerprint density at radius 2 is 1.13 bits per heavy atom. The first kappa shape index (κ1) is 15.6. The van der Waals surface area contributed by atoms with Gasteiger partial charge in [-0.05, 0) is 40.5 Å². The quantitative estimate of drug-likeness (QED) is 0.559. The molecule has 0 aliphatic rings. The van der Waals surface area contributed by atoms with Crippen LogP contribution >= 0.6 is 0 Å². The van der Waals surface area contributed by atoms with E-state index in [4.69, 9.17) is 0 Å². The van der Waals surface area contributed by atoms with Gasteiger partial charge in [-0.1, -0.05) is 98.8 Å². The van der Waals surface area contributed by atoms with Crippen LogP contribution in [0.15, 0.2) is 84.9 Å². The molecule has 0 aromatic heterocycles. The van der Waals surface area contributed by atoms with Crippen LogP contribution in [0.5, 0.6) is 0 Å². The van der Waals surface area contributed by atoms with Gasteiger partial charge in [-0.2, -0.15) is 0 Å². The summed E-state index contributed by atoms with van der Waals surface area (Å²) in [5.41, 5.74) is 5.77. The molecule has 0 spiro atoms. The molecule has 0 heterocycles. The number of benzene rings is 3. The van der Waals surface area contributed by atoms with Crippen molar-refractivity contribution in [2.24, 2.45) is 0 Å². The summed E-state index contributed by atoms with van der Waals surface area (Å²) in [7, 11) is 0. The van der Waals surface area contributed by atoms with Gasteiger partial charge in [0.1, 0.15) is 0 Å². The molecule has 0 bridgehead atoms. The lowest BCUT2D eigenvalue weighted by molar-refractivity contribution is 0.518. The minimum atomic E-state index is 0.118. The van der Waals surface area contributed by atoms with Gasteiger partial charge < -0.3 is 0 Å². The van der Waals surface area contributed by atoms with Crippen molar-refractivity contribution in [3.8, 4) is 0 Å². The Labute approximate surface area is 139 Å². The summed E-state index contributed by atoms with van der Waals surface area (Å²) in [6.45, 7) is 4.70. The first-order chi connectivity index (χ1) is 11.1.